The average molecular weight is 347 g/mol. The molecule has 0 saturated carbocycles. The van der Waals surface area contributed by atoms with E-state index in [2.05, 4.69) is 15.7 Å². The van der Waals surface area contributed by atoms with Crippen molar-refractivity contribution < 1.29 is 9.18 Å². The van der Waals surface area contributed by atoms with Crippen molar-refractivity contribution in [2.24, 2.45) is 7.05 Å². The molecular weight excluding hydrogens is 321 g/mol. The van der Waals surface area contributed by atoms with E-state index in [1.54, 1.807) is 29.1 Å². The lowest BCUT2D eigenvalue weighted by molar-refractivity contribution is 0.230. The van der Waals surface area contributed by atoms with Gasteiger partial charge in [0, 0.05) is 31.4 Å². The number of hydrogen-bond donors (Lipinski definition) is 2. The maximum absolute atomic E-state index is 13.7. The minimum Gasteiger partial charge on any atom is -0.336 e. The van der Waals surface area contributed by atoms with Crippen molar-refractivity contribution in [2.45, 2.75) is 25.4 Å². The van der Waals surface area contributed by atoms with Crippen LogP contribution in [-0.4, -0.2) is 47.4 Å². The van der Waals surface area contributed by atoms with E-state index in [-0.39, 0.29) is 23.9 Å². The molecule has 2 amide bonds. The molecule has 0 aliphatic heterocycles. The number of hydrogen-bond acceptors (Lipinski definition) is 3. The Morgan fingerprint density at radius 1 is 1.36 bits per heavy atom. The van der Waals surface area contributed by atoms with Crippen molar-refractivity contribution in [1.29, 1.82) is 0 Å². The molecule has 0 spiro atoms. The first-order chi connectivity index (χ1) is 11.9. The van der Waals surface area contributed by atoms with Gasteiger partial charge in [-0.15, -0.1) is 0 Å². The molecule has 1 aromatic carbocycles. The smallest absolute Gasteiger partial charge is 0.315 e. The van der Waals surface area contributed by atoms with Crippen molar-refractivity contribution in [2.75, 3.05) is 20.6 Å². The molecule has 2 N–H and O–H groups in total. The predicted octanol–water partition coefficient (Wildman–Crippen LogP) is 2.09. The summed E-state index contributed by atoms with van der Waals surface area (Å²) in [6.45, 7) is 2.31. The van der Waals surface area contributed by atoms with E-state index in [9.17, 15) is 9.18 Å². The molecule has 2 aromatic rings. The number of aryl methyl sites for hydroxylation is 1. The highest BCUT2D eigenvalue weighted by Gasteiger charge is 2.17. The minimum atomic E-state index is -0.264. The first kappa shape index (κ1) is 18.9. The van der Waals surface area contributed by atoms with E-state index >= 15 is 0 Å². The Labute approximate surface area is 148 Å². The molecule has 1 aromatic heterocycles. The lowest BCUT2D eigenvalue weighted by Gasteiger charge is -2.24. The van der Waals surface area contributed by atoms with Crippen LogP contribution >= 0.6 is 0 Å². The molecule has 25 heavy (non-hydrogen) atoms. The number of aromatic nitrogens is 2. The van der Waals surface area contributed by atoms with Gasteiger partial charge >= 0.3 is 6.03 Å². The van der Waals surface area contributed by atoms with Crippen LogP contribution in [0.1, 0.15) is 24.1 Å². The van der Waals surface area contributed by atoms with Crippen LogP contribution < -0.4 is 10.6 Å². The van der Waals surface area contributed by atoms with Crippen LogP contribution in [0.5, 0.6) is 0 Å². The van der Waals surface area contributed by atoms with Crippen LogP contribution in [0.15, 0.2) is 36.7 Å². The highest BCUT2D eigenvalue weighted by molar-refractivity contribution is 5.74. The van der Waals surface area contributed by atoms with Crippen molar-refractivity contribution in [3.63, 3.8) is 0 Å². The summed E-state index contributed by atoms with van der Waals surface area (Å²) in [5, 5.41) is 9.91. The quantitative estimate of drug-likeness (QED) is 0.806. The number of rotatable bonds is 7. The van der Waals surface area contributed by atoms with E-state index < -0.39 is 0 Å². The SMILES string of the molecule is C[C@@H](Cc1ccccc1F)NC(=O)NC[C@H](c1cnn(C)c1)N(C)C. The van der Waals surface area contributed by atoms with Gasteiger partial charge in [0.2, 0.25) is 0 Å². The minimum absolute atomic E-state index is 0.0290. The number of amides is 2. The predicted molar refractivity (Wildman–Crippen MR) is 95.7 cm³/mol. The van der Waals surface area contributed by atoms with Crippen LogP contribution in [0.4, 0.5) is 9.18 Å². The lowest BCUT2D eigenvalue weighted by atomic mass is 10.1. The van der Waals surface area contributed by atoms with Crippen LogP contribution in [0.2, 0.25) is 0 Å². The fourth-order valence-electron chi connectivity index (χ4n) is 2.72. The van der Waals surface area contributed by atoms with Crippen molar-refractivity contribution >= 4 is 6.03 Å². The first-order valence-electron chi connectivity index (χ1n) is 8.29. The lowest BCUT2D eigenvalue weighted by Crippen LogP contribution is -2.44. The summed E-state index contributed by atoms with van der Waals surface area (Å²) in [5.74, 6) is -0.249. The summed E-state index contributed by atoms with van der Waals surface area (Å²) in [6, 6.07) is 6.20. The highest BCUT2D eigenvalue weighted by Crippen LogP contribution is 2.16. The van der Waals surface area contributed by atoms with E-state index in [1.807, 2.05) is 39.2 Å². The number of likely N-dealkylation sites (N-methyl/N-ethyl adjacent to an activating group) is 1. The summed E-state index contributed by atoms with van der Waals surface area (Å²) in [5.41, 5.74) is 1.63. The Bertz CT molecular complexity index is 700. The molecule has 136 valence electrons. The molecule has 1 heterocycles. The number of carbonyl (C=O) groups is 1. The number of nitrogens with zero attached hydrogens (tertiary/aromatic N) is 3. The van der Waals surface area contributed by atoms with Gasteiger partial charge in [0.15, 0.2) is 0 Å². The molecule has 2 atom stereocenters. The Morgan fingerprint density at radius 3 is 2.68 bits per heavy atom. The summed E-state index contributed by atoms with van der Waals surface area (Å²) in [6.07, 6.45) is 4.18. The Kier molecular flexibility index (Phi) is 6.52. The fraction of sp³-hybridized carbons (Fsp3) is 0.444. The molecule has 2 rings (SSSR count). The fourth-order valence-corrected chi connectivity index (χ4v) is 2.72. The summed E-state index contributed by atoms with van der Waals surface area (Å²) in [4.78, 5) is 14.2. The van der Waals surface area contributed by atoms with Gasteiger partial charge < -0.3 is 15.5 Å². The van der Waals surface area contributed by atoms with Gasteiger partial charge in [-0.05, 0) is 39.1 Å². The Morgan fingerprint density at radius 2 is 2.08 bits per heavy atom. The number of halogens is 1. The van der Waals surface area contributed by atoms with Crippen molar-refractivity contribution in [3.8, 4) is 0 Å². The van der Waals surface area contributed by atoms with E-state index in [1.165, 1.54) is 6.07 Å². The first-order valence-corrected chi connectivity index (χ1v) is 8.29. The molecule has 0 bridgehead atoms. The molecule has 0 aliphatic rings. The molecule has 0 radical (unpaired) electrons. The maximum atomic E-state index is 13.7. The van der Waals surface area contributed by atoms with Gasteiger partial charge in [-0.3, -0.25) is 4.68 Å². The zero-order valence-electron chi connectivity index (χ0n) is 15.2. The van der Waals surface area contributed by atoms with Crippen LogP contribution in [0.25, 0.3) is 0 Å². The van der Waals surface area contributed by atoms with Crippen LogP contribution in [0.3, 0.4) is 0 Å². The Balaban J connectivity index is 1.85. The standard InChI is InChI=1S/C18H26FN5O/c1-13(9-14-7-5-6-8-16(14)19)22-18(25)20-11-17(23(2)3)15-10-21-24(4)12-15/h5-8,10,12-13,17H,9,11H2,1-4H3,(H2,20,22,25)/t13-,17+/m0/s1. The number of benzene rings is 1. The topological polar surface area (TPSA) is 62.2 Å². The second kappa shape index (κ2) is 8.62. The molecule has 7 heteroatoms. The van der Waals surface area contributed by atoms with Crippen LogP contribution in [-0.2, 0) is 13.5 Å². The number of urea groups is 1. The van der Waals surface area contributed by atoms with Crippen molar-refractivity contribution in [1.82, 2.24) is 25.3 Å². The molecule has 0 unspecified atom stereocenters. The second-order valence-electron chi connectivity index (χ2n) is 6.48. The summed E-state index contributed by atoms with van der Waals surface area (Å²) < 4.78 is 15.4. The van der Waals surface area contributed by atoms with Crippen LogP contribution in [0, 0.1) is 5.82 Å². The number of carbonyl (C=O) groups excluding carboxylic acids is 1. The van der Waals surface area contributed by atoms with Gasteiger partial charge in [-0.2, -0.15) is 5.10 Å². The van der Waals surface area contributed by atoms with E-state index in [0.29, 0.717) is 18.5 Å². The van der Waals surface area contributed by atoms with Gasteiger partial charge in [-0.1, -0.05) is 18.2 Å². The third-order valence-electron chi connectivity index (χ3n) is 4.05. The number of nitrogens with one attached hydrogen (secondary N) is 2. The largest absolute Gasteiger partial charge is 0.336 e. The third-order valence-corrected chi connectivity index (χ3v) is 4.05. The molecule has 6 nitrogen and oxygen atoms in total. The highest BCUT2D eigenvalue weighted by atomic mass is 19.1. The average Bonchev–Trinajstić information content (AvgIpc) is 2.95. The zero-order chi connectivity index (χ0) is 18.4. The summed E-state index contributed by atoms with van der Waals surface area (Å²) in [7, 11) is 5.77. The normalized spacial score (nSPS) is 13.5. The zero-order valence-corrected chi connectivity index (χ0v) is 15.2. The molecule has 0 fully saturated rings. The van der Waals surface area contributed by atoms with E-state index in [0.717, 1.165) is 5.56 Å². The maximum Gasteiger partial charge on any atom is 0.315 e. The Hall–Kier alpha value is -2.41. The molecule has 0 aliphatic carbocycles. The van der Waals surface area contributed by atoms with Gasteiger partial charge in [0.05, 0.1) is 12.2 Å². The molecule has 0 saturated heterocycles. The van der Waals surface area contributed by atoms with Gasteiger partial charge in [-0.25, -0.2) is 9.18 Å². The third kappa shape index (κ3) is 5.56. The second-order valence-corrected chi connectivity index (χ2v) is 6.48. The summed E-state index contributed by atoms with van der Waals surface area (Å²) >= 11 is 0. The monoisotopic (exact) mass is 347 g/mol. The van der Waals surface area contributed by atoms with Gasteiger partial charge in [0.25, 0.3) is 0 Å². The van der Waals surface area contributed by atoms with Crippen molar-refractivity contribution in [3.05, 3.63) is 53.6 Å². The van der Waals surface area contributed by atoms with Gasteiger partial charge in [0.1, 0.15) is 5.82 Å². The molecular formula is C18H26FN5O. The van der Waals surface area contributed by atoms with E-state index in [4.69, 9.17) is 0 Å².